The molecule has 1 rings (SSSR count). The second-order valence-electron chi connectivity index (χ2n) is 4.45. The van der Waals surface area contributed by atoms with Crippen LogP contribution < -0.4 is 9.47 Å². The molecule has 0 bridgehead atoms. The fourth-order valence-corrected chi connectivity index (χ4v) is 2.75. The van der Waals surface area contributed by atoms with E-state index in [4.69, 9.17) is 9.47 Å². The van der Waals surface area contributed by atoms with Crippen molar-refractivity contribution in [2.24, 2.45) is 5.92 Å². The third-order valence-electron chi connectivity index (χ3n) is 3.15. The first-order chi connectivity index (χ1) is 8.53. The van der Waals surface area contributed by atoms with Crippen LogP contribution in [0.2, 0.25) is 0 Å². The molecule has 0 aromatic heterocycles. The van der Waals surface area contributed by atoms with Gasteiger partial charge in [-0.1, -0.05) is 36.2 Å². The number of hydrogen-bond donors (Lipinski definition) is 0. The van der Waals surface area contributed by atoms with Crippen LogP contribution in [-0.2, 0) is 0 Å². The third-order valence-corrected chi connectivity index (χ3v) is 4.01. The smallest absolute Gasteiger partial charge is 0.163 e. The molecular formula is C14H20BrFO2. The van der Waals surface area contributed by atoms with E-state index in [1.165, 1.54) is 13.2 Å². The maximum atomic E-state index is 14.0. The van der Waals surface area contributed by atoms with Gasteiger partial charge in [0.2, 0.25) is 0 Å². The van der Waals surface area contributed by atoms with E-state index in [9.17, 15) is 4.39 Å². The average molecular weight is 319 g/mol. The largest absolute Gasteiger partial charge is 0.493 e. The lowest BCUT2D eigenvalue weighted by Crippen LogP contribution is -2.02. The molecule has 1 aromatic rings. The lowest BCUT2D eigenvalue weighted by atomic mass is 9.98. The van der Waals surface area contributed by atoms with E-state index in [1.807, 2.05) is 0 Å². The first-order valence-corrected chi connectivity index (χ1v) is 7.00. The van der Waals surface area contributed by atoms with Crippen LogP contribution in [-0.4, -0.2) is 14.2 Å². The fourth-order valence-electron chi connectivity index (χ4n) is 1.76. The molecule has 0 aliphatic carbocycles. The number of halogens is 2. The van der Waals surface area contributed by atoms with Crippen molar-refractivity contribution in [2.75, 3.05) is 14.2 Å². The molecule has 0 N–H and O–H groups in total. The highest BCUT2D eigenvalue weighted by molar-refractivity contribution is 9.09. The molecule has 2 unspecified atom stereocenters. The molecule has 0 amide bonds. The average Bonchev–Trinajstić information content (AvgIpc) is 2.37. The summed E-state index contributed by atoms with van der Waals surface area (Å²) in [6, 6.07) is 3.08. The van der Waals surface area contributed by atoms with Crippen LogP contribution in [0.5, 0.6) is 11.5 Å². The molecule has 2 atom stereocenters. The van der Waals surface area contributed by atoms with Crippen molar-refractivity contribution < 1.29 is 13.9 Å². The van der Waals surface area contributed by atoms with E-state index >= 15 is 0 Å². The quantitative estimate of drug-likeness (QED) is 0.707. The Balaban J connectivity index is 3.01. The second-order valence-corrected chi connectivity index (χ2v) is 5.55. The van der Waals surface area contributed by atoms with E-state index in [2.05, 4.69) is 29.8 Å². The van der Waals surface area contributed by atoms with Gasteiger partial charge in [0, 0.05) is 16.5 Å². The lowest BCUT2D eigenvalue weighted by molar-refractivity contribution is 0.351. The third kappa shape index (κ3) is 3.61. The van der Waals surface area contributed by atoms with E-state index in [0.717, 1.165) is 12.8 Å². The highest BCUT2D eigenvalue weighted by Crippen LogP contribution is 2.38. The Morgan fingerprint density at radius 2 is 1.78 bits per heavy atom. The van der Waals surface area contributed by atoms with Gasteiger partial charge < -0.3 is 9.47 Å². The van der Waals surface area contributed by atoms with Crippen molar-refractivity contribution >= 4 is 15.9 Å². The zero-order valence-corrected chi connectivity index (χ0v) is 12.9. The highest BCUT2D eigenvalue weighted by atomic mass is 79.9. The van der Waals surface area contributed by atoms with Crippen LogP contribution >= 0.6 is 15.9 Å². The van der Waals surface area contributed by atoms with E-state index in [-0.39, 0.29) is 10.6 Å². The maximum absolute atomic E-state index is 14.0. The van der Waals surface area contributed by atoms with Crippen molar-refractivity contribution in [1.29, 1.82) is 0 Å². The summed E-state index contributed by atoms with van der Waals surface area (Å²) in [5.41, 5.74) is 0.618. The summed E-state index contributed by atoms with van der Waals surface area (Å²) in [6.07, 6.45) is 1.97. The molecule has 4 heteroatoms. The number of hydrogen-bond acceptors (Lipinski definition) is 2. The standard InChI is InChI=1S/C14H20BrFO2/c1-5-9(2)6-11(15)10-7-13(17-3)14(18-4)8-12(10)16/h7-9,11H,5-6H2,1-4H3. The first-order valence-electron chi connectivity index (χ1n) is 6.08. The molecule has 1 aromatic carbocycles. The number of benzene rings is 1. The Morgan fingerprint density at radius 1 is 1.22 bits per heavy atom. The number of methoxy groups -OCH3 is 2. The molecule has 0 aliphatic rings. The van der Waals surface area contributed by atoms with Crippen LogP contribution in [0.1, 0.15) is 37.1 Å². The monoisotopic (exact) mass is 318 g/mol. The van der Waals surface area contributed by atoms with Crippen LogP contribution in [0.4, 0.5) is 4.39 Å². The lowest BCUT2D eigenvalue weighted by Gasteiger charge is -2.17. The Morgan fingerprint density at radius 3 is 2.28 bits per heavy atom. The molecule has 102 valence electrons. The molecular weight excluding hydrogens is 299 g/mol. The summed E-state index contributed by atoms with van der Waals surface area (Å²) >= 11 is 3.55. The van der Waals surface area contributed by atoms with Gasteiger partial charge in [0.25, 0.3) is 0 Å². The van der Waals surface area contributed by atoms with Crippen molar-refractivity contribution in [1.82, 2.24) is 0 Å². The van der Waals surface area contributed by atoms with Gasteiger partial charge >= 0.3 is 0 Å². The van der Waals surface area contributed by atoms with Gasteiger partial charge in [-0.25, -0.2) is 4.39 Å². The summed E-state index contributed by atoms with van der Waals surface area (Å²) in [5.74, 6) is 1.25. The molecule has 18 heavy (non-hydrogen) atoms. The van der Waals surface area contributed by atoms with Gasteiger partial charge in [0.05, 0.1) is 14.2 Å². The van der Waals surface area contributed by atoms with Gasteiger partial charge in [0.1, 0.15) is 5.82 Å². The molecule has 0 saturated carbocycles. The number of ether oxygens (including phenoxy) is 2. The SMILES string of the molecule is CCC(C)CC(Br)c1cc(OC)c(OC)cc1F. The number of rotatable bonds is 6. The van der Waals surface area contributed by atoms with E-state index < -0.39 is 0 Å². The summed E-state index contributed by atoms with van der Waals surface area (Å²) in [5, 5.41) is 0. The summed E-state index contributed by atoms with van der Waals surface area (Å²) in [7, 11) is 3.05. The van der Waals surface area contributed by atoms with Crippen LogP contribution in [0, 0.1) is 11.7 Å². The predicted molar refractivity (Wildman–Crippen MR) is 75.2 cm³/mol. The van der Waals surface area contributed by atoms with E-state index in [1.54, 1.807) is 13.2 Å². The van der Waals surface area contributed by atoms with Gasteiger partial charge in [0.15, 0.2) is 11.5 Å². The molecule has 0 heterocycles. The topological polar surface area (TPSA) is 18.5 Å². The molecule has 0 spiro atoms. The molecule has 2 nitrogen and oxygen atoms in total. The molecule has 0 aliphatic heterocycles. The van der Waals surface area contributed by atoms with Gasteiger partial charge in [-0.05, 0) is 18.4 Å². The summed E-state index contributed by atoms with van der Waals surface area (Å²) in [6.45, 7) is 4.29. The Hall–Kier alpha value is -0.770. The normalized spacial score (nSPS) is 14.1. The van der Waals surface area contributed by atoms with Crippen LogP contribution in [0.3, 0.4) is 0 Å². The predicted octanol–water partition coefficient (Wildman–Crippen LogP) is 4.72. The van der Waals surface area contributed by atoms with E-state index in [0.29, 0.717) is 23.0 Å². The maximum Gasteiger partial charge on any atom is 0.163 e. The van der Waals surface area contributed by atoms with Crippen LogP contribution in [0.25, 0.3) is 0 Å². The highest BCUT2D eigenvalue weighted by Gasteiger charge is 2.18. The zero-order chi connectivity index (χ0) is 13.7. The molecule has 0 saturated heterocycles. The van der Waals surface area contributed by atoms with Crippen molar-refractivity contribution in [3.8, 4) is 11.5 Å². The first kappa shape index (κ1) is 15.3. The molecule has 0 radical (unpaired) electrons. The fraction of sp³-hybridized carbons (Fsp3) is 0.571. The van der Waals surface area contributed by atoms with Gasteiger partial charge in [-0.2, -0.15) is 0 Å². The van der Waals surface area contributed by atoms with Crippen molar-refractivity contribution in [3.05, 3.63) is 23.5 Å². The number of alkyl halides is 1. The minimum absolute atomic E-state index is 0.00717. The zero-order valence-electron chi connectivity index (χ0n) is 11.3. The van der Waals surface area contributed by atoms with Gasteiger partial charge in [-0.3, -0.25) is 0 Å². The Labute approximate surface area is 117 Å². The summed E-state index contributed by atoms with van der Waals surface area (Å²) < 4.78 is 24.3. The van der Waals surface area contributed by atoms with Crippen LogP contribution in [0.15, 0.2) is 12.1 Å². The van der Waals surface area contributed by atoms with Gasteiger partial charge in [-0.15, -0.1) is 0 Å². The Bertz CT molecular complexity index is 396. The van der Waals surface area contributed by atoms with Crippen molar-refractivity contribution in [2.45, 2.75) is 31.5 Å². The minimum Gasteiger partial charge on any atom is -0.493 e. The molecule has 0 fully saturated rings. The summed E-state index contributed by atoms with van der Waals surface area (Å²) in [4.78, 5) is -0.00717. The van der Waals surface area contributed by atoms with Crippen molar-refractivity contribution in [3.63, 3.8) is 0 Å². The second kappa shape index (κ2) is 6.98. The minimum atomic E-state index is -0.266. The Kier molecular flexibility index (Phi) is 5.93.